The van der Waals surface area contributed by atoms with Crippen LogP contribution < -0.4 is 5.73 Å². The predicted octanol–water partition coefficient (Wildman–Crippen LogP) is 3.61. The number of nitrogens with zero attached hydrogens (tertiary/aromatic N) is 1. The van der Waals surface area contributed by atoms with Crippen LogP contribution in [0.2, 0.25) is 0 Å². The molecule has 4 heteroatoms. The summed E-state index contributed by atoms with van der Waals surface area (Å²) in [5.74, 6) is -0.0940. The fourth-order valence-electron chi connectivity index (χ4n) is 2.22. The normalized spacial score (nSPS) is 10.9. The van der Waals surface area contributed by atoms with Crippen molar-refractivity contribution in [2.24, 2.45) is 5.92 Å². The zero-order valence-corrected chi connectivity index (χ0v) is 12.9. The average Bonchev–Trinajstić information content (AvgIpc) is 2.45. The van der Waals surface area contributed by atoms with E-state index in [9.17, 15) is 9.18 Å². The number of nitrogen functional groups attached to an aromatic ring is 1. The fraction of sp³-hybridized carbons (Fsp3) is 0.562. The lowest BCUT2D eigenvalue weighted by Gasteiger charge is -2.25. The van der Waals surface area contributed by atoms with E-state index in [1.165, 1.54) is 6.07 Å². The third-order valence-corrected chi connectivity index (χ3v) is 3.93. The molecule has 1 rings (SSSR count). The van der Waals surface area contributed by atoms with Crippen molar-refractivity contribution in [2.75, 3.05) is 18.8 Å². The molecule has 0 spiro atoms. The van der Waals surface area contributed by atoms with Crippen LogP contribution in [0.15, 0.2) is 12.1 Å². The van der Waals surface area contributed by atoms with Crippen molar-refractivity contribution in [2.45, 2.75) is 40.5 Å². The Morgan fingerprint density at radius 2 is 1.90 bits per heavy atom. The number of hydrogen-bond acceptors (Lipinski definition) is 2. The highest BCUT2D eigenvalue weighted by atomic mass is 19.1. The maximum absolute atomic E-state index is 13.7. The van der Waals surface area contributed by atoms with E-state index >= 15 is 0 Å². The average molecular weight is 280 g/mol. The van der Waals surface area contributed by atoms with Gasteiger partial charge in [-0.05, 0) is 31.9 Å². The molecule has 0 aliphatic rings. The molecule has 20 heavy (non-hydrogen) atoms. The van der Waals surface area contributed by atoms with Gasteiger partial charge in [0.1, 0.15) is 5.82 Å². The van der Waals surface area contributed by atoms with Crippen LogP contribution >= 0.6 is 0 Å². The highest BCUT2D eigenvalue weighted by molar-refractivity contribution is 5.95. The number of carbonyl (C=O) groups excluding carboxylic acids is 1. The van der Waals surface area contributed by atoms with Gasteiger partial charge in [-0.15, -0.1) is 0 Å². The molecular formula is C16H25FN2O. The van der Waals surface area contributed by atoms with Gasteiger partial charge in [-0.25, -0.2) is 4.39 Å². The van der Waals surface area contributed by atoms with Crippen LogP contribution in [0.25, 0.3) is 0 Å². The second-order valence-electron chi connectivity index (χ2n) is 5.20. The van der Waals surface area contributed by atoms with Gasteiger partial charge in [0, 0.05) is 29.9 Å². The second kappa shape index (κ2) is 7.27. The number of nitrogens with two attached hydrogens (primary N) is 1. The van der Waals surface area contributed by atoms with Crippen LogP contribution in [0, 0.1) is 18.7 Å². The van der Waals surface area contributed by atoms with Gasteiger partial charge in [-0.3, -0.25) is 4.79 Å². The van der Waals surface area contributed by atoms with Gasteiger partial charge in [0.25, 0.3) is 5.91 Å². The summed E-state index contributed by atoms with van der Waals surface area (Å²) in [7, 11) is 0. The second-order valence-corrected chi connectivity index (χ2v) is 5.20. The molecule has 3 nitrogen and oxygen atoms in total. The lowest BCUT2D eigenvalue weighted by molar-refractivity contribution is 0.0734. The zero-order chi connectivity index (χ0) is 15.3. The van der Waals surface area contributed by atoms with Crippen molar-refractivity contribution in [1.82, 2.24) is 4.90 Å². The lowest BCUT2D eigenvalue weighted by atomic mass is 10.0. The SMILES string of the molecule is CCC(CC)CN(CC)C(=O)c1cc(N)c(C)c(F)c1. The van der Waals surface area contributed by atoms with Gasteiger partial charge in [0.15, 0.2) is 0 Å². The van der Waals surface area contributed by atoms with Crippen LogP contribution in [0.5, 0.6) is 0 Å². The Balaban J connectivity index is 2.96. The number of benzene rings is 1. The maximum Gasteiger partial charge on any atom is 0.254 e. The third kappa shape index (κ3) is 3.71. The summed E-state index contributed by atoms with van der Waals surface area (Å²) in [4.78, 5) is 14.2. The van der Waals surface area contributed by atoms with Crippen molar-refractivity contribution in [3.05, 3.63) is 29.1 Å². The van der Waals surface area contributed by atoms with Crippen molar-refractivity contribution in [3.63, 3.8) is 0 Å². The summed E-state index contributed by atoms with van der Waals surface area (Å²) in [5.41, 5.74) is 6.79. The number of carbonyl (C=O) groups is 1. The first-order valence-electron chi connectivity index (χ1n) is 7.29. The molecule has 1 aromatic rings. The Kier molecular flexibility index (Phi) is 5.99. The zero-order valence-electron chi connectivity index (χ0n) is 12.9. The fourth-order valence-corrected chi connectivity index (χ4v) is 2.22. The van der Waals surface area contributed by atoms with Crippen LogP contribution in [-0.4, -0.2) is 23.9 Å². The summed E-state index contributed by atoms with van der Waals surface area (Å²) in [6.07, 6.45) is 2.06. The minimum Gasteiger partial charge on any atom is -0.398 e. The first-order chi connectivity index (χ1) is 9.44. The van der Waals surface area contributed by atoms with E-state index in [4.69, 9.17) is 5.73 Å². The molecule has 0 unspecified atom stereocenters. The minimum absolute atomic E-state index is 0.148. The molecule has 0 aliphatic carbocycles. The van der Waals surface area contributed by atoms with E-state index < -0.39 is 5.82 Å². The van der Waals surface area contributed by atoms with E-state index in [-0.39, 0.29) is 5.91 Å². The number of amides is 1. The first-order valence-corrected chi connectivity index (χ1v) is 7.29. The number of halogens is 1. The molecule has 0 atom stereocenters. The summed E-state index contributed by atoms with van der Waals surface area (Å²) in [6.45, 7) is 9.11. The molecule has 0 saturated carbocycles. The predicted molar refractivity (Wildman–Crippen MR) is 81.2 cm³/mol. The molecule has 0 aromatic heterocycles. The Labute approximate surface area is 121 Å². The number of hydrogen-bond donors (Lipinski definition) is 1. The summed E-state index contributed by atoms with van der Waals surface area (Å²) < 4.78 is 13.7. The van der Waals surface area contributed by atoms with E-state index in [2.05, 4.69) is 13.8 Å². The largest absolute Gasteiger partial charge is 0.398 e. The maximum atomic E-state index is 13.7. The quantitative estimate of drug-likeness (QED) is 0.809. The molecule has 0 bridgehead atoms. The van der Waals surface area contributed by atoms with E-state index in [0.717, 1.165) is 12.8 Å². The van der Waals surface area contributed by atoms with Crippen molar-refractivity contribution < 1.29 is 9.18 Å². The Hall–Kier alpha value is -1.58. The molecule has 1 aromatic carbocycles. The van der Waals surface area contributed by atoms with Crippen LogP contribution in [0.3, 0.4) is 0 Å². The third-order valence-electron chi connectivity index (χ3n) is 3.93. The summed E-state index contributed by atoms with van der Waals surface area (Å²) in [5, 5.41) is 0. The molecule has 1 amide bonds. The first kappa shape index (κ1) is 16.5. The summed E-state index contributed by atoms with van der Waals surface area (Å²) >= 11 is 0. The van der Waals surface area contributed by atoms with Crippen molar-refractivity contribution >= 4 is 11.6 Å². The van der Waals surface area contributed by atoms with E-state index in [0.29, 0.717) is 35.8 Å². The highest BCUT2D eigenvalue weighted by Crippen LogP contribution is 2.20. The monoisotopic (exact) mass is 280 g/mol. The van der Waals surface area contributed by atoms with Crippen LogP contribution in [0.4, 0.5) is 10.1 Å². The van der Waals surface area contributed by atoms with Crippen molar-refractivity contribution in [3.8, 4) is 0 Å². The standard InChI is InChI=1S/C16H25FN2O/c1-5-12(6-2)10-19(7-3)16(20)13-8-14(17)11(4)15(18)9-13/h8-9,12H,5-7,10,18H2,1-4H3. The minimum atomic E-state index is -0.424. The van der Waals surface area contributed by atoms with Crippen LogP contribution in [-0.2, 0) is 0 Å². The summed E-state index contributed by atoms with van der Waals surface area (Å²) in [6, 6.07) is 2.85. The number of rotatable bonds is 6. The van der Waals surface area contributed by atoms with Gasteiger partial charge in [0.05, 0.1) is 0 Å². The molecular weight excluding hydrogens is 255 g/mol. The molecule has 2 N–H and O–H groups in total. The number of anilines is 1. The highest BCUT2D eigenvalue weighted by Gasteiger charge is 2.19. The Morgan fingerprint density at radius 1 is 1.30 bits per heavy atom. The van der Waals surface area contributed by atoms with E-state index in [1.807, 2.05) is 6.92 Å². The molecule has 0 aliphatic heterocycles. The Morgan fingerprint density at radius 3 is 2.35 bits per heavy atom. The van der Waals surface area contributed by atoms with Crippen molar-refractivity contribution in [1.29, 1.82) is 0 Å². The molecule has 0 radical (unpaired) electrons. The van der Waals surface area contributed by atoms with Gasteiger partial charge in [0.2, 0.25) is 0 Å². The molecule has 0 heterocycles. The van der Waals surface area contributed by atoms with Crippen LogP contribution in [0.1, 0.15) is 49.5 Å². The molecule has 112 valence electrons. The van der Waals surface area contributed by atoms with E-state index in [1.54, 1.807) is 17.9 Å². The topological polar surface area (TPSA) is 46.3 Å². The van der Waals surface area contributed by atoms with Gasteiger partial charge in [-0.1, -0.05) is 26.7 Å². The molecule has 0 fully saturated rings. The van der Waals surface area contributed by atoms with Gasteiger partial charge in [-0.2, -0.15) is 0 Å². The Bertz CT molecular complexity index is 447. The molecule has 0 saturated heterocycles. The van der Waals surface area contributed by atoms with Gasteiger partial charge >= 0.3 is 0 Å². The lowest BCUT2D eigenvalue weighted by Crippen LogP contribution is -2.35. The van der Waals surface area contributed by atoms with Gasteiger partial charge < -0.3 is 10.6 Å². The smallest absolute Gasteiger partial charge is 0.254 e.